The fraction of sp³-hybridized carbons (Fsp3) is 0.294. The summed E-state index contributed by atoms with van der Waals surface area (Å²) in [7, 11) is 0. The second kappa shape index (κ2) is 5.45. The van der Waals surface area contributed by atoms with Crippen molar-refractivity contribution in [2.24, 2.45) is 0 Å². The maximum absolute atomic E-state index is 6.03. The van der Waals surface area contributed by atoms with Crippen molar-refractivity contribution in [2.45, 2.75) is 19.8 Å². The molecule has 0 aromatic heterocycles. The summed E-state index contributed by atoms with van der Waals surface area (Å²) in [6.07, 6.45) is 2.61. The summed E-state index contributed by atoms with van der Waals surface area (Å²) in [5.41, 5.74) is 11.3. The number of nitrogens with zero attached hydrogens (tertiary/aromatic N) is 1. The van der Waals surface area contributed by atoms with Gasteiger partial charge in [-0.15, -0.1) is 0 Å². The van der Waals surface area contributed by atoms with Crippen LogP contribution < -0.4 is 16.0 Å². The van der Waals surface area contributed by atoms with Crippen LogP contribution in [0.2, 0.25) is 0 Å². The zero-order valence-corrected chi connectivity index (χ0v) is 11.9. The highest BCUT2D eigenvalue weighted by molar-refractivity contribution is 5.73. The van der Waals surface area contributed by atoms with E-state index in [2.05, 4.69) is 40.5 Å². The van der Waals surface area contributed by atoms with Gasteiger partial charge >= 0.3 is 0 Å². The highest BCUT2D eigenvalue weighted by atomic mass is 15.1. The van der Waals surface area contributed by atoms with Crippen LogP contribution in [-0.4, -0.2) is 13.1 Å². The van der Waals surface area contributed by atoms with E-state index in [1.807, 2.05) is 19.1 Å². The molecule has 0 atom stereocenters. The standard InChI is InChI=1S/C17H21N3/c1-13-4-9-17(16(18)12-13)19-14-5-7-15(8-6-14)20-10-2-3-11-20/h4-9,12,19H,2-3,10-11,18H2,1H3. The lowest BCUT2D eigenvalue weighted by atomic mass is 10.2. The van der Waals surface area contributed by atoms with Crippen molar-refractivity contribution in [2.75, 3.05) is 29.0 Å². The third-order valence-corrected chi connectivity index (χ3v) is 3.82. The molecule has 0 unspecified atom stereocenters. The van der Waals surface area contributed by atoms with Crippen molar-refractivity contribution >= 4 is 22.7 Å². The monoisotopic (exact) mass is 267 g/mol. The molecule has 1 saturated heterocycles. The van der Waals surface area contributed by atoms with Crippen LogP contribution in [0.25, 0.3) is 0 Å². The van der Waals surface area contributed by atoms with E-state index in [-0.39, 0.29) is 0 Å². The molecule has 0 aliphatic carbocycles. The molecule has 0 saturated carbocycles. The van der Waals surface area contributed by atoms with Gasteiger partial charge in [0.1, 0.15) is 0 Å². The van der Waals surface area contributed by atoms with Crippen LogP contribution in [0.1, 0.15) is 18.4 Å². The Kier molecular flexibility index (Phi) is 3.50. The normalized spacial score (nSPS) is 14.6. The minimum atomic E-state index is 0.786. The zero-order chi connectivity index (χ0) is 13.9. The van der Waals surface area contributed by atoms with Crippen molar-refractivity contribution < 1.29 is 0 Å². The van der Waals surface area contributed by atoms with Gasteiger partial charge in [0.05, 0.1) is 11.4 Å². The van der Waals surface area contributed by atoms with E-state index < -0.39 is 0 Å². The average molecular weight is 267 g/mol. The molecule has 104 valence electrons. The maximum Gasteiger partial charge on any atom is 0.0618 e. The predicted octanol–water partition coefficient (Wildman–Crippen LogP) is 3.92. The van der Waals surface area contributed by atoms with Crippen molar-refractivity contribution in [3.8, 4) is 0 Å². The fourth-order valence-electron chi connectivity index (χ4n) is 2.68. The minimum absolute atomic E-state index is 0.786. The maximum atomic E-state index is 6.03. The largest absolute Gasteiger partial charge is 0.397 e. The molecule has 1 fully saturated rings. The first-order valence-corrected chi connectivity index (χ1v) is 7.20. The first kappa shape index (κ1) is 12.9. The highest BCUT2D eigenvalue weighted by Crippen LogP contribution is 2.26. The molecule has 1 aliphatic rings. The van der Waals surface area contributed by atoms with Crippen molar-refractivity contribution in [1.29, 1.82) is 0 Å². The molecule has 0 amide bonds. The number of aryl methyl sites for hydroxylation is 1. The molecule has 3 rings (SSSR count). The minimum Gasteiger partial charge on any atom is -0.397 e. The average Bonchev–Trinajstić information content (AvgIpc) is 2.97. The van der Waals surface area contributed by atoms with Crippen molar-refractivity contribution in [3.63, 3.8) is 0 Å². The Balaban J connectivity index is 1.74. The molecular formula is C17H21N3. The van der Waals surface area contributed by atoms with Crippen LogP contribution in [0.5, 0.6) is 0 Å². The highest BCUT2D eigenvalue weighted by Gasteiger charge is 2.11. The number of nitrogen functional groups attached to an aromatic ring is 1. The molecule has 20 heavy (non-hydrogen) atoms. The van der Waals surface area contributed by atoms with Crippen LogP contribution in [0.4, 0.5) is 22.7 Å². The lowest BCUT2D eigenvalue weighted by molar-refractivity contribution is 0.949. The summed E-state index contributed by atoms with van der Waals surface area (Å²) in [5, 5.41) is 3.37. The third-order valence-electron chi connectivity index (χ3n) is 3.82. The van der Waals surface area contributed by atoms with E-state index >= 15 is 0 Å². The summed E-state index contributed by atoms with van der Waals surface area (Å²) in [6.45, 7) is 4.40. The Morgan fingerprint density at radius 2 is 1.70 bits per heavy atom. The molecule has 2 aromatic carbocycles. The second-order valence-electron chi connectivity index (χ2n) is 5.46. The SMILES string of the molecule is Cc1ccc(Nc2ccc(N3CCCC3)cc2)c(N)c1. The molecule has 0 radical (unpaired) electrons. The Hall–Kier alpha value is -2.16. The van der Waals surface area contributed by atoms with Gasteiger partial charge in [0.15, 0.2) is 0 Å². The Bertz CT molecular complexity index is 584. The van der Waals surface area contributed by atoms with Gasteiger partial charge in [-0.1, -0.05) is 6.07 Å². The summed E-state index contributed by atoms with van der Waals surface area (Å²) >= 11 is 0. The second-order valence-corrected chi connectivity index (χ2v) is 5.46. The quantitative estimate of drug-likeness (QED) is 0.828. The number of anilines is 4. The van der Waals surface area contributed by atoms with Gasteiger partial charge in [-0.25, -0.2) is 0 Å². The van der Waals surface area contributed by atoms with Gasteiger partial charge in [0, 0.05) is 24.5 Å². The third kappa shape index (κ3) is 2.72. The van der Waals surface area contributed by atoms with Crippen LogP contribution >= 0.6 is 0 Å². The number of nitrogens with two attached hydrogens (primary N) is 1. The molecule has 3 N–H and O–H groups in total. The van der Waals surface area contributed by atoms with E-state index in [1.165, 1.54) is 37.2 Å². The number of hydrogen-bond acceptors (Lipinski definition) is 3. The lowest BCUT2D eigenvalue weighted by Crippen LogP contribution is -2.17. The van der Waals surface area contributed by atoms with Crippen LogP contribution in [0.15, 0.2) is 42.5 Å². The van der Waals surface area contributed by atoms with Crippen LogP contribution in [0, 0.1) is 6.92 Å². The van der Waals surface area contributed by atoms with Gasteiger partial charge < -0.3 is 16.0 Å². The zero-order valence-electron chi connectivity index (χ0n) is 11.9. The molecule has 0 bridgehead atoms. The van der Waals surface area contributed by atoms with Crippen molar-refractivity contribution in [3.05, 3.63) is 48.0 Å². The first-order chi connectivity index (χ1) is 9.72. The fourth-order valence-corrected chi connectivity index (χ4v) is 2.68. The summed E-state index contributed by atoms with van der Waals surface area (Å²) in [4.78, 5) is 2.43. The van der Waals surface area contributed by atoms with E-state index in [0.29, 0.717) is 0 Å². The Labute approximate surface area is 120 Å². The van der Waals surface area contributed by atoms with E-state index in [0.717, 1.165) is 17.1 Å². The smallest absolute Gasteiger partial charge is 0.0618 e. The van der Waals surface area contributed by atoms with Gasteiger partial charge in [0.25, 0.3) is 0 Å². The molecular weight excluding hydrogens is 246 g/mol. The van der Waals surface area contributed by atoms with Gasteiger partial charge in [-0.2, -0.15) is 0 Å². The summed E-state index contributed by atoms with van der Waals surface area (Å²) < 4.78 is 0. The van der Waals surface area contributed by atoms with Crippen LogP contribution in [0.3, 0.4) is 0 Å². The van der Waals surface area contributed by atoms with E-state index in [1.54, 1.807) is 0 Å². The Morgan fingerprint density at radius 3 is 2.35 bits per heavy atom. The van der Waals surface area contributed by atoms with E-state index in [9.17, 15) is 0 Å². The van der Waals surface area contributed by atoms with Gasteiger partial charge in [0.2, 0.25) is 0 Å². The number of rotatable bonds is 3. The molecule has 2 aromatic rings. The van der Waals surface area contributed by atoms with E-state index in [4.69, 9.17) is 5.73 Å². The topological polar surface area (TPSA) is 41.3 Å². The number of hydrogen-bond donors (Lipinski definition) is 2. The predicted molar refractivity (Wildman–Crippen MR) is 86.8 cm³/mol. The molecule has 1 heterocycles. The summed E-state index contributed by atoms with van der Waals surface area (Å²) in [5.74, 6) is 0. The molecule has 3 heteroatoms. The number of nitrogens with one attached hydrogen (secondary N) is 1. The van der Waals surface area contributed by atoms with Gasteiger partial charge in [-0.3, -0.25) is 0 Å². The van der Waals surface area contributed by atoms with Crippen LogP contribution in [-0.2, 0) is 0 Å². The first-order valence-electron chi connectivity index (χ1n) is 7.20. The molecule has 3 nitrogen and oxygen atoms in total. The summed E-state index contributed by atoms with van der Waals surface area (Å²) in [6, 6.07) is 14.7. The lowest BCUT2D eigenvalue weighted by Gasteiger charge is -2.18. The van der Waals surface area contributed by atoms with Crippen molar-refractivity contribution in [1.82, 2.24) is 0 Å². The Morgan fingerprint density at radius 1 is 1.00 bits per heavy atom. The molecule has 1 aliphatic heterocycles. The molecule has 0 spiro atoms. The number of benzene rings is 2. The van der Waals surface area contributed by atoms with Gasteiger partial charge in [-0.05, 0) is 61.7 Å².